The molecule has 2 rings (SSSR count). The predicted octanol–water partition coefficient (Wildman–Crippen LogP) is 1.11. The number of amides is 3. The van der Waals surface area contributed by atoms with Crippen LogP contribution in [0.15, 0.2) is 54.6 Å². The molecule has 2 aromatic carbocycles. The molecule has 0 aliphatic heterocycles. The number of phenols is 1. The highest BCUT2D eigenvalue weighted by atomic mass is 16.4. The molecule has 0 fully saturated rings. The van der Waals surface area contributed by atoms with Gasteiger partial charge in [0.1, 0.15) is 23.9 Å². The van der Waals surface area contributed by atoms with Crippen molar-refractivity contribution >= 4 is 23.7 Å². The van der Waals surface area contributed by atoms with Gasteiger partial charge in [-0.1, -0.05) is 62.7 Å². The fourth-order valence-electron chi connectivity index (χ4n) is 3.58. The van der Waals surface area contributed by atoms with Crippen molar-refractivity contribution < 1.29 is 29.4 Å². The molecular formula is C27H36N4O6. The van der Waals surface area contributed by atoms with E-state index >= 15 is 0 Å². The second-order valence-corrected chi connectivity index (χ2v) is 9.16. The second kappa shape index (κ2) is 14.0. The van der Waals surface area contributed by atoms with Crippen LogP contribution in [0.25, 0.3) is 0 Å². The van der Waals surface area contributed by atoms with E-state index in [0.717, 1.165) is 5.56 Å². The Labute approximate surface area is 216 Å². The standard InChI is InChI=1S/C27H36N4O6/c1-4-16(2)23(28)26(35)30-21(14-18-8-6-5-7-9-18)25(34)29-17(3)24(33)31-22(27(36)37)15-19-10-12-20(32)13-11-19/h5-13,16-17,21-23,32H,4,14-15,28H2,1-3H3,(H,29,34)(H,30,35)(H,31,33)(H,36,37)/t16-,17-,21-,22-,23-/m0/s1. The molecule has 0 saturated carbocycles. The quantitative estimate of drug-likeness (QED) is 0.233. The van der Waals surface area contributed by atoms with E-state index in [4.69, 9.17) is 5.73 Å². The molecular weight excluding hydrogens is 476 g/mol. The summed E-state index contributed by atoms with van der Waals surface area (Å²) in [6.07, 6.45) is 0.858. The highest BCUT2D eigenvalue weighted by molar-refractivity contribution is 5.94. The molecule has 0 bridgehead atoms. The van der Waals surface area contributed by atoms with Gasteiger partial charge in [-0.15, -0.1) is 0 Å². The van der Waals surface area contributed by atoms with Gasteiger partial charge in [-0.3, -0.25) is 14.4 Å². The molecule has 37 heavy (non-hydrogen) atoms. The summed E-state index contributed by atoms with van der Waals surface area (Å²) in [6.45, 7) is 5.19. The van der Waals surface area contributed by atoms with Crippen molar-refractivity contribution in [2.45, 2.75) is 64.2 Å². The summed E-state index contributed by atoms with van der Waals surface area (Å²) in [7, 11) is 0. The van der Waals surface area contributed by atoms with E-state index in [1.54, 1.807) is 12.1 Å². The van der Waals surface area contributed by atoms with Crippen LogP contribution in [-0.2, 0) is 32.0 Å². The average molecular weight is 513 g/mol. The minimum atomic E-state index is -1.25. The van der Waals surface area contributed by atoms with Crippen LogP contribution in [0, 0.1) is 5.92 Å². The molecule has 3 amide bonds. The maximum Gasteiger partial charge on any atom is 0.326 e. The second-order valence-electron chi connectivity index (χ2n) is 9.16. The van der Waals surface area contributed by atoms with Gasteiger partial charge in [-0.2, -0.15) is 0 Å². The largest absolute Gasteiger partial charge is 0.508 e. The van der Waals surface area contributed by atoms with E-state index in [9.17, 15) is 29.4 Å². The Hall–Kier alpha value is -3.92. The number of benzene rings is 2. The molecule has 0 aromatic heterocycles. The number of aliphatic carboxylic acids is 1. The van der Waals surface area contributed by atoms with E-state index in [2.05, 4.69) is 16.0 Å². The Morgan fingerprint density at radius 2 is 1.32 bits per heavy atom. The molecule has 0 aliphatic rings. The number of carboxylic acids is 1. The van der Waals surface area contributed by atoms with Gasteiger partial charge in [0.15, 0.2) is 0 Å². The summed E-state index contributed by atoms with van der Waals surface area (Å²) in [5, 5.41) is 26.7. The molecule has 0 radical (unpaired) electrons. The van der Waals surface area contributed by atoms with Crippen molar-refractivity contribution in [2.24, 2.45) is 11.7 Å². The Kier molecular flexibility index (Phi) is 11.1. The third-order valence-corrected chi connectivity index (χ3v) is 6.22. The molecule has 0 saturated heterocycles. The topological polar surface area (TPSA) is 171 Å². The van der Waals surface area contributed by atoms with Crippen LogP contribution in [0.2, 0.25) is 0 Å². The number of carboxylic acid groups (broad SMARTS) is 1. The maximum absolute atomic E-state index is 13.1. The van der Waals surface area contributed by atoms with Crippen molar-refractivity contribution in [1.29, 1.82) is 0 Å². The minimum Gasteiger partial charge on any atom is -0.508 e. The Bertz CT molecular complexity index is 1060. The normalized spacial score (nSPS) is 14.9. The lowest BCUT2D eigenvalue weighted by Crippen LogP contribution is -2.57. The van der Waals surface area contributed by atoms with Gasteiger partial charge < -0.3 is 31.9 Å². The molecule has 0 aliphatic carbocycles. The van der Waals surface area contributed by atoms with Crippen molar-refractivity contribution in [3.05, 3.63) is 65.7 Å². The first-order valence-electron chi connectivity index (χ1n) is 12.2. The van der Waals surface area contributed by atoms with Gasteiger partial charge in [0, 0.05) is 12.8 Å². The van der Waals surface area contributed by atoms with Crippen LogP contribution in [0.1, 0.15) is 38.3 Å². The van der Waals surface area contributed by atoms with E-state index in [-0.39, 0.29) is 24.5 Å². The third kappa shape index (κ3) is 9.23. The van der Waals surface area contributed by atoms with Crippen LogP contribution in [0.4, 0.5) is 0 Å². The van der Waals surface area contributed by atoms with Crippen molar-refractivity contribution in [1.82, 2.24) is 16.0 Å². The van der Waals surface area contributed by atoms with Crippen molar-refractivity contribution in [3.8, 4) is 5.75 Å². The summed E-state index contributed by atoms with van der Waals surface area (Å²) in [6, 6.07) is 10.9. The number of nitrogens with two attached hydrogens (primary N) is 1. The Morgan fingerprint density at radius 1 is 0.784 bits per heavy atom. The number of rotatable bonds is 13. The summed E-state index contributed by atoms with van der Waals surface area (Å²) < 4.78 is 0. The SMILES string of the molecule is CC[C@H](C)[C@H](N)C(=O)N[C@@H](Cc1ccccc1)C(=O)N[C@@H](C)C(=O)N[C@@H](Cc1ccc(O)cc1)C(=O)O. The number of hydrogen-bond acceptors (Lipinski definition) is 6. The van der Waals surface area contributed by atoms with Gasteiger partial charge in [0.05, 0.1) is 6.04 Å². The number of carbonyl (C=O) groups is 4. The third-order valence-electron chi connectivity index (χ3n) is 6.22. The number of hydrogen-bond donors (Lipinski definition) is 6. The van der Waals surface area contributed by atoms with Crippen LogP contribution >= 0.6 is 0 Å². The average Bonchev–Trinajstić information content (AvgIpc) is 2.88. The monoisotopic (exact) mass is 512 g/mol. The molecule has 7 N–H and O–H groups in total. The van der Waals surface area contributed by atoms with E-state index in [1.165, 1.54) is 19.1 Å². The van der Waals surface area contributed by atoms with Crippen LogP contribution < -0.4 is 21.7 Å². The number of carbonyl (C=O) groups excluding carboxylic acids is 3. The van der Waals surface area contributed by atoms with Gasteiger partial charge >= 0.3 is 5.97 Å². The lowest BCUT2D eigenvalue weighted by atomic mass is 9.98. The molecule has 2 aromatic rings. The number of aromatic hydroxyl groups is 1. The molecule has 10 heteroatoms. The molecule has 0 heterocycles. The smallest absolute Gasteiger partial charge is 0.326 e. The molecule has 10 nitrogen and oxygen atoms in total. The van der Waals surface area contributed by atoms with E-state index < -0.39 is 47.9 Å². The zero-order valence-corrected chi connectivity index (χ0v) is 21.3. The summed E-state index contributed by atoms with van der Waals surface area (Å²) in [5.41, 5.74) is 7.44. The fraction of sp³-hybridized carbons (Fsp3) is 0.407. The lowest BCUT2D eigenvalue weighted by molar-refractivity contribution is -0.142. The summed E-state index contributed by atoms with van der Waals surface area (Å²) in [5.74, 6) is -3.05. The number of nitrogens with one attached hydrogen (secondary N) is 3. The van der Waals surface area contributed by atoms with Crippen LogP contribution in [-0.4, -0.2) is 58.1 Å². The first-order valence-corrected chi connectivity index (χ1v) is 12.2. The summed E-state index contributed by atoms with van der Waals surface area (Å²) >= 11 is 0. The maximum atomic E-state index is 13.1. The summed E-state index contributed by atoms with van der Waals surface area (Å²) in [4.78, 5) is 50.3. The molecule has 200 valence electrons. The van der Waals surface area contributed by atoms with Crippen molar-refractivity contribution in [2.75, 3.05) is 0 Å². The minimum absolute atomic E-state index is 0.0117. The highest BCUT2D eigenvalue weighted by Crippen LogP contribution is 2.12. The zero-order valence-electron chi connectivity index (χ0n) is 21.3. The van der Waals surface area contributed by atoms with Gasteiger partial charge in [0.25, 0.3) is 0 Å². The van der Waals surface area contributed by atoms with Gasteiger partial charge in [-0.05, 0) is 36.1 Å². The Morgan fingerprint density at radius 3 is 1.89 bits per heavy atom. The van der Waals surface area contributed by atoms with Crippen LogP contribution in [0.3, 0.4) is 0 Å². The lowest BCUT2D eigenvalue weighted by Gasteiger charge is -2.25. The number of phenolic OH excluding ortho intramolecular Hbond substituents is 1. The van der Waals surface area contributed by atoms with Crippen LogP contribution in [0.5, 0.6) is 5.75 Å². The fourth-order valence-corrected chi connectivity index (χ4v) is 3.58. The van der Waals surface area contributed by atoms with Crippen molar-refractivity contribution in [3.63, 3.8) is 0 Å². The highest BCUT2D eigenvalue weighted by Gasteiger charge is 2.29. The van der Waals surface area contributed by atoms with E-state index in [1.807, 2.05) is 44.2 Å². The zero-order chi connectivity index (χ0) is 27.5. The molecule has 0 unspecified atom stereocenters. The van der Waals surface area contributed by atoms with Gasteiger partial charge in [0.2, 0.25) is 17.7 Å². The molecule has 5 atom stereocenters. The first kappa shape index (κ1) is 29.3. The molecule has 0 spiro atoms. The van der Waals surface area contributed by atoms with Gasteiger partial charge in [-0.25, -0.2) is 4.79 Å². The first-order chi connectivity index (χ1) is 17.5. The Balaban J connectivity index is 2.08. The predicted molar refractivity (Wildman–Crippen MR) is 138 cm³/mol. The van der Waals surface area contributed by atoms with E-state index in [0.29, 0.717) is 12.0 Å².